The number of para-hydroxylation sites is 1. The Labute approximate surface area is 244 Å². The molecule has 1 fully saturated rings. The number of hydrogen-bond donors (Lipinski definition) is 3. The van der Waals surface area contributed by atoms with Gasteiger partial charge in [0.1, 0.15) is 5.60 Å². The van der Waals surface area contributed by atoms with Gasteiger partial charge >= 0.3 is 6.09 Å². The molecule has 2 aromatic heterocycles. The number of thiophene rings is 1. The molecule has 0 bridgehead atoms. The largest absolute Gasteiger partial charge is 0.444 e. The third-order valence-electron chi connectivity index (χ3n) is 6.57. The van der Waals surface area contributed by atoms with E-state index in [1.54, 1.807) is 38.2 Å². The lowest BCUT2D eigenvalue weighted by Crippen LogP contribution is -2.39. The highest BCUT2D eigenvalue weighted by Crippen LogP contribution is 2.32. The maximum atomic E-state index is 13.2. The van der Waals surface area contributed by atoms with Crippen LogP contribution in [-0.2, 0) is 4.74 Å². The SMILES string of the molecule is CC(C)(C)OC(=O)Nc1ccc(-c2cccs2)cc1NC(=O)c1cnc(NC2CCN(c3ccccc3)CC2)nc1. The lowest BCUT2D eigenvalue weighted by atomic mass is 10.0. The number of ether oxygens (including phenoxy) is 1. The molecule has 212 valence electrons. The fraction of sp³-hybridized carbons (Fsp3) is 0.290. The molecule has 3 N–H and O–H groups in total. The number of piperidine rings is 1. The van der Waals surface area contributed by atoms with Gasteiger partial charge in [-0.1, -0.05) is 30.3 Å². The van der Waals surface area contributed by atoms with Crippen molar-refractivity contribution < 1.29 is 14.3 Å². The average Bonchev–Trinajstić information content (AvgIpc) is 3.49. The summed E-state index contributed by atoms with van der Waals surface area (Å²) < 4.78 is 5.40. The van der Waals surface area contributed by atoms with Gasteiger partial charge in [0.15, 0.2) is 0 Å². The Morgan fingerprint density at radius 1 is 0.927 bits per heavy atom. The van der Waals surface area contributed by atoms with Crippen LogP contribution in [0.5, 0.6) is 0 Å². The number of carbonyl (C=O) groups is 2. The second-order valence-corrected chi connectivity index (χ2v) is 11.8. The molecule has 5 rings (SSSR count). The first kappa shape index (κ1) is 28.1. The van der Waals surface area contributed by atoms with E-state index in [0.29, 0.717) is 22.9 Å². The molecule has 1 saturated heterocycles. The first-order valence-electron chi connectivity index (χ1n) is 13.6. The first-order valence-corrected chi connectivity index (χ1v) is 14.5. The predicted molar refractivity (Wildman–Crippen MR) is 165 cm³/mol. The summed E-state index contributed by atoms with van der Waals surface area (Å²) in [4.78, 5) is 37.9. The summed E-state index contributed by atoms with van der Waals surface area (Å²) >= 11 is 1.59. The second-order valence-electron chi connectivity index (χ2n) is 10.9. The topological polar surface area (TPSA) is 108 Å². The Kier molecular flexibility index (Phi) is 8.49. The van der Waals surface area contributed by atoms with Crippen LogP contribution >= 0.6 is 11.3 Å². The molecule has 0 atom stereocenters. The van der Waals surface area contributed by atoms with Crippen LogP contribution in [0.15, 0.2) is 78.4 Å². The van der Waals surface area contributed by atoms with Crippen molar-refractivity contribution >= 4 is 46.3 Å². The lowest BCUT2D eigenvalue weighted by Gasteiger charge is -2.33. The van der Waals surface area contributed by atoms with Gasteiger partial charge in [-0.05, 0) is 74.9 Å². The maximum Gasteiger partial charge on any atom is 0.412 e. The van der Waals surface area contributed by atoms with Crippen LogP contribution in [0.4, 0.5) is 27.8 Å². The van der Waals surface area contributed by atoms with E-state index in [0.717, 1.165) is 36.4 Å². The Balaban J connectivity index is 1.23. The summed E-state index contributed by atoms with van der Waals surface area (Å²) in [6.45, 7) is 7.28. The molecular weight excluding hydrogens is 536 g/mol. The van der Waals surface area contributed by atoms with Crippen molar-refractivity contribution in [2.24, 2.45) is 0 Å². The van der Waals surface area contributed by atoms with Crippen molar-refractivity contribution in [1.29, 1.82) is 0 Å². The highest BCUT2D eigenvalue weighted by atomic mass is 32.1. The molecule has 10 heteroatoms. The summed E-state index contributed by atoms with van der Waals surface area (Å²) in [5, 5.41) is 11.0. The molecule has 41 heavy (non-hydrogen) atoms. The van der Waals surface area contributed by atoms with Crippen LogP contribution in [0.1, 0.15) is 44.0 Å². The minimum absolute atomic E-state index is 0.260. The molecule has 0 radical (unpaired) electrons. The average molecular weight is 571 g/mol. The van der Waals surface area contributed by atoms with Crippen molar-refractivity contribution in [2.75, 3.05) is 33.9 Å². The van der Waals surface area contributed by atoms with Gasteiger partial charge in [0, 0.05) is 42.1 Å². The fourth-order valence-electron chi connectivity index (χ4n) is 4.58. The Morgan fingerprint density at radius 3 is 2.32 bits per heavy atom. The molecular formula is C31H34N6O3S. The van der Waals surface area contributed by atoms with Crippen LogP contribution < -0.4 is 20.9 Å². The van der Waals surface area contributed by atoms with Gasteiger partial charge in [-0.15, -0.1) is 11.3 Å². The van der Waals surface area contributed by atoms with E-state index in [1.807, 2.05) is 35.7 Å². The van der Waals surface area contributed by atoms with E-state index < -0.39 is 11.7 Å². The third-order valence-corrected chi connectivity index (χ3v) is 7.49. The minimum Gasteiger partial charge on any atom is -0.444 e. The molecule has 1 aliphatic rings. The normalized spacial score (nSPS) is 13.9. The number of anilines is 4. The van der Waals surface area contributed by atoms with E-state index in [-0.39, 0.29) is 11.9 Å². The number of benzene rings is 2. The van der Waals surface area contributed by atoms with E-state index in [2.05, 4.69) is 55.1 Å². The van der Waals surface area contributed by atoms with Crippen LogP contribution in [0.2, 0.25) is 0 Å². The number of nitrogens with one attached hydrogen (secondary N) is 3. The van der Waals surface area contributed by atoms with E-state index in [1.165, 1.54) is 18.1 Å². The van der Waals surface area contributed by atoms with E-state index in [9.17, 15) is 9.59 Å². The molecule has 0 saturated carbocycles. The van der Waals surface area contributed by atoms with Gasteiger partial charge in [0.25, 0.3) is 5.91 Å². The highest BCUT2D eigenvalue weighted by Gasteiger charge is 2.21. The van der Waals surface area contributed by atoms with Crippen LogP contribution in [0.25, 0.3) is 10.4 Å². The number of amides is 2. The molecule has 1 aliphatic heterocycles. The Morgan fingerprint density at radius 2 is 1.66 bits per heavy atom. The molecule has 9 nitrogen and oxygen atoms in total. The summed E-state index contributed by atoms with van der Waals surface area (Å²) in [6.07, 6.45) is 4.34. The molecule has 3 heterocycles. The van der Waals surface area contributed by atoms with Gasteiger partial charge in [-0.3, -0.25) is 10.1 Å². The predicted octanol–water partition coefficient (Wildman–Crippen LogP) is 6.89. The minimum atomic E-state index is -0.656. The zero-order valence-electron chi connectivity index (χ0n) is 23.4. The van der Waals surface area contributed by atoms with E-state index in [4.69, 9.17) is 4.74 Å². The maximum absolute atomic E-state index is 13.2. The van der Waals surface area contributed by atoms with Gasteiger partial charge in [-0.2, -0.15) is 0 Å². The number of carbonyl (C=O) groups excluding carboxylic acids is 2. The highest BCUT2D eigenvalue weighted by molar-refractivity contribution is 7.13. The molecule has 2 aromatic carbocycles. The monoisotopic (exact) mass is 570 g/mol. The summed E-state index contributed by atoms with van der Waals surface area (Å²) in [5.41, 5.74) is 2.67. The number of aromatic nitrogens is 2. The quantitative estimate of drug-likeness (QED) is 0.222. The first-order chi connectivity index (χ1) is 19.7. The number of rotatable bonds is 7. The van der Waals surface area contributed by atoms with Crippen molar-refractivity contribution in [3.8, 4) is 10.4 Å². The Bertz CT molecular complexity index is 1460. The van der Waals surface area contributed by atoms with E-state index >= 15 is 0 Å². The number of hydrogen-bond acceptors (Lipinski definition) is 8. The zero-order valence-corrected chi connectivity index (χ0v) is 24.2. The summed E-state index contributed by atoms with van der Waals surface area (Å²) in [6, 6.07) is 20.1. The summed E-state index contributed by atoms with van der Waals surface area (Å²) in [5.74, 6) is 0.106. The Hall–Kier alpha value is -4.44. The van der Waals surface area contributed by atoms with Crippen LogP contribution in [0, 0.1) is 0 Å². The molecule has 2 amide bonds. The van der Waals surface area contributed by atoms with Crippen LogP contribution in [-0.4, -0.2) is 46.7 Å². The fourth-order valence-corrected chi connectivity index (χ4v) is 5.31. The molecule has 0 spiro atoms. The van der Waals surface area contributed by atoms with Crippen molar-refractivity contribution in [1.82, 2.24) is 9.97 Å². The zero-order chi connectivity index (χ0) is 28.8. The van der Waals surface area contributed by atoms with Gasteiger partial charge in [0.05, 0.1) is 16.9 Å². The lowest BCUT2D eigenvalue weighted by molar-refractivity contribution is 0.0635. The molecule has 0 unspecified atom stereocenters. The van der Waals surface area contributed by atoms with Crippen molar-refractivity contribution in [2.45, 2.75) is 45.3 Å². The van der Waals surface area contributed by atoms with Gasteiger partial charge in [0.2, 0.25) is 5.95 Å². The summed E-state index contributed by atoms with van der Waals surface area (Å²) in [7, 11) is 0. The van der Waals surface area contributed by atoms with Crippen molar-refractivity contribution in [3.05, 3.63) is 84.0 Å². The third kappa shape index (κ3) is 7.61. The van der Waals surface area contributed by atoms with Crippen LogP contribution in [0.3, 0.4) is 0 Å². The standard InChI is InChI=1S/C31H34N6O3S/c1-31(2,3)40-30(39)36-25-12-11-21(27-10-7-17-41-27)18-26(25)35-28(38)22-19-32-29(33-20-22)34-23-13-15-37(16-14-23)24-8-5-4-6-9-24/h4-12,17-20,23H,13-16H2,1-3H3,(H,35,38)(H,36,39)(H,32,33,34). The molecule has 4 aromatic rings. The number of nitrogens with zero attached hydrogens (tertiary/aromatic N) is 3. The van der Waals surface area contributed by atoms with Gasteiger partial charge in [-0.25, -0.2) is 14.8 Å². The second kappa shape index (κ2) is 12.4. The smallest absolute Gasteiger partial charge is 0.412 e. The van der Waals surface area contributed by atoms with Gasteiger partial charge < -0.3 is 20.3 Å². The van der Waals surface area contributed by atoms with Crippen molar-refractivity contribution in [3.63, 3.8) is 0 Å². The molecule has 0 aliphatic carbocycles.